The van der Waals surface area contributed by atoms with Crippen LogP contribution in [0.4, 0.5) is 8.78 Å². The number of hydrogen-bond donors (Lipinski definition) is 1. The Balaban J connectivity index is 1.93. The average Bonchev–Trinajstić information content (AvgIpc) is 3.22. The first-order chi connectivity index (χ1) is 13.9. The van der Waals surface area contributed by atoms with Crippen molar-refractivity contribution >= 4 is 17.7 Å². The molecule has 152 valence electrons. The number of ether oxygens (including phenoxy) is 1. The molecular formula is C20H16F2O6S. The SMILES string of the molecule is COC(=O)C[C@@H](c1ccco1)c1oc(CSc2ccc(F)cc2F)cc(=O)c1O. The lowest BCUT2D eigenvalue weighted by Crippen LogP contribution is -2.13. The number of carbonyl (C=O) groups excluding carboxylic acids is 1. The van der Waals surface area contributed by atoms with Crippen molar-refractivity contribution in [2.75, 3.05) is 7.11 Å². The van der Waals surface area contributed by atoms with Crippen LogP contribution in [0.25, 0.3) is 0 Å². The first kappa shape index (κ1) is 20.7. The molecule has 6 nitrogen and oxygen atoms in total. The van der Waals surface area contributed by atoms with Gasteiger partial charge in [0.2, 0.25) is 11.2 Å². The van der Waals surface area contributed by atoms with Gasteiger partial charge < -0.3 is 18.7 Å². The number of furan rings is 1. The zero-order valence-corrected chi connectivity index (χ0v) is 16.0. The highest BCUT2D eigenvalue weighted by molar-refractivity contribution is 7.98. The Kier molecular flexibility index (Phi) is 6.38. The summed E-state index contributed by atoms with van der Waals surface area (Å²) >= 11 is 0.989. The monoisotopic (exact) mass is 422 g/mol. The summed E-state index contributed by atoms with van der Waals surface area (Å²) in [4.78, 5) is 24.2. The molecule has 2 aromatic heterocycles. The van der Waals surface area contributed by atoms with Crippen LogP contribution < -0.4 is 5.43 Å². The molecule has 0 spiro atoms. The summed E-state index contributed by atoms with van der Waals surface area (Å²) in [6, 6.07) is 7.38. The molecule has 0 radical (unpaired) electrons. The minimum absolute atomic E-state index is 0.0359. The first-order valence-electron chi connectivity index (χ1n) is 8.43. The molecule has 0 aliphatic heterocycles. The lowest BCUT2D eigenvalue weighted by atomic mass is 9.98. The van der Waals surface area contributed by atoms with Crippen molar-refractivity contribution in [3.63, 3.8) is 0 Å². The summed E-state index contributed by atoms with van der Waals surface area (Å²) in [6.45, 7) is 0. The quantitative estimate of drug-likeness (QED) is 0.451. The summed E-state index contributed by atoms with van der Waals surface area (Å²) in [5.74, 6) is -3.27. The number of methoxy groups -OCH3 is 1. The van der Waals surface area contributed by atoms with Crippen molar-refractivity contribution in [1.82, 2.24) is 0 Å². The Morgan fingerprint density at radius 1 is 1.28 bits per heavy atom. The second-order valence-electron chi connectivity index (χ2n) is 6.00. The van der Waals surface area contributed by atoms with Gasteiger partial charge in [-0.3, -0.25) is 9.59 Å². The van der Waals surface area contributed by atoms with Gasteiger partial charge in [-0.15, -0.1) is 11.8 Å². The molecule has 0 amide bonds. The second kappa shape index (κ2) is 8.95. The predicted molar refractivity (Wildman–Crippen MR) is 99.7 cm³/mol. The van der Waals surface area contributed by atoms with Crippen LogP contribution in [0.15, 0.2) is 61.2 Å². The molecule has 1 aromatic carbocycles. The number of aromatic hydroxyl groups is 1. The highest BCUT2D eigenvalue weighted by Crippen LogP contribution is 2.35. The van der Waals surface area contributed by atoms with Crippen molar-refractivity contribution in [3.8, 4) is 5.75 Å². The smallest absolute Gasteiger partial charge is 0.306 e. The van der Waals surface area contributed by atoms with E-state index in [0.717, 1.165) is 30.0 Å². The Morgan fingerprint density at radius 2 is 2.07 bits per heavy atom. The normalized spacial score (nSPS) is 12.0. The van der Waals surface area contributed by atoms with Crippen LogP contribution in [0.2, 0.25) is 0 Å². The largest absolute Gasteiger partial charge is 0.502 e. The summed E-state index contributed by atoms with van der Waals surface area (Å²) in [6.07, 6.45) is 1.15. The summed E-state index contributed by atoms with van der Waals surface area (Å²) < 4.78 is 42.5. The molecule has 0 unspecified atom stereocenters. The maximum Gasteiger partial charge on any atom is 0.306 e. The van der Waals surface area contributed by atoms with Crippen LogP contribution >= 0.6 is 11.8 Å². The average molecular weight is 422 g/mol. The minimum Gasteiger partial charge on any atom is -0.502 e. The molecule has 3 rings (SSSR count). The Labute approximate surface area is 168 Å². The maximum atomic E-state index is 13.8. The molecule has 0 fully saturated rings. The molecule has 3 aromatic rings. The zero-order valence-electron chi connectivity index (χ0n) is 15.2. The molecule has 2 heterocycles. The molecule has 0 bridgehead atoms. The Hall–Kier alpha value is -3.07. The van der Waals surface area contributed by atoms with Crippen molar-refractivity contribution in [2.24, 2.45) is 0 Å². The lowest BCUT2D eigenvalue weighted by molar-refractivity contribution is -0.141. The molecule has 0 aliphatic carbocycles. The van der Waals surface area contributed by atoms with Gasteiger partial charge in [0.15, 0.2) is 5.76 Å². The van der Waals surface area contributed by atoms with Gasteiger partial charge in [-0.05, 0) is 24.3 Å². The van der Waals surface area contributed by atoms with Crippen LogP contribution in [0.1, 0.15) is 29.6 Å². The number of thioether (sulfide) groups is 1. The molecule has 0 saturated carbocycles. The van der Waals surface area contributed by atoms with Crippen molar-refractivity contribution < 1.29 is 32.3 Å². The summed E-state index contributed by atoms with van der Waals surface area (Å²) in [7, 11) is 1.21. The standard InChI is InChI=1S/C20H16F2O6S/c1-26-18(24)9-13(16-3-2-6-27-16)20-19(25)15(23)8-12(28-20)10-29-17-5-4-11(21)7-14(17)22/h2-8,13,25H,9-10H2,1H3/t13-/m0/s1. The van der Waals surface area contributed by atoms with E-state index in [1.807, 2.05) is 0 Å². The number of esters is 1. The third-order valence-electron chi connectivity index (χ3n) is 4.07. The van der Waals surface area contributed by atoms with Crippen molar-refractivity contribution in [1.29, 1.82) is 0 Å². The fourth-order valence-corrected chi connectivity index (χ4v) is 3.47. The third-order valence-corrected chi connectivity index (χ3v) is 5.14. The number of rotatable bonds is 7. The van der Waals surface area contributed by atoms with E-state index in [-0.39, 0.29) is 28.6 Å². The van der Waals surface area contributed by atoms with Crippen LogP contribution in [0, 0.1) is 11.6 Å². The topological polar surface area (TPSA) is 89.9 Å². The maximum absolute atomic E-state index is 13.8. The summed E-state index contributed by atoms with van der Waals surface area (Å²) in [5, 5.41) is 10.2. The Morgan fingerprint density at radius 3 is 2.72 bits per heavy atom. The van der Waals surface area contributed by atoms with Gasteiger partial charge in [0.1, 0.15) is 23.2 Å². The van der Waals surface area contributed by atoms with E-state index < -0.39 is 34.7 Å². The van der Waals surface area contributed by atoms with E-state index >= 15 is 0 Å². The number of benzene rings is 1. The number of carbonyl (C=O) groups is 1. The van der Waals surface area contributed by atoms with Crippen LogP contribution in [-0.2, 0) is 15.3 Å². The minimum atomic E-state index is -0.891. The Bertz CT molecular complexity index is 1060. The van der Waals surface area contributed by atoms with E-state index in [1.54, 1.807) is 12.1 Å². The molecule has 0 aliphatic rings. The molecule has 1 atom stereocenters. The van der Waals surface area contributed by atoms with E-state index in [0.29, 0.717) is 5.76 Å². The number of halogens is 2. The van der Waals surface area contributed by atoms with Crippen molar-refractivity contribution in [2.45, 2.75) is 23.0 Å². The predicted octanol–water partition coefficient (Wildman–Crippen LogP) is 4.20. The highest BCUT2D eigenvalue weighted by atomic mass is 32.2. The molecule has 1 N–H and O–H groups in total. The first-order valence-corrected chi connectivity index (χ1v) is 9.41. The van der Waals surface area contributed by atoms with Gasteiger partial charge in [-0.25, -0.2) is 8.78 Å². The molecular weight excluding hydrogens is 406 g/mol. The molecule has 9 heteroatoms. The van der Waals surface area contributed by atoms with E-state index in [9.17, 15) is 23.5 Å². The summed E-state index contributed by atoms with van der Waals surface area (Å²) in [5.41, 5.74) is -0.720. The van der Waals surface area contributed by atoms with E-state index in [1.165, 1.54) is 19.4 Å². The third kappa shape index (κ3) is 4.86. The van der Waals surface area contributed by atoms with Gasteiger partial charge in [-0.2, -0.15) is 0 Å². The van der Waals surface area contributed by atoms with Gasteiger partial charge >= 0.3 is 5.97 Å². The fourth-order valence-electron chi connectivity index (χ4n) is 2.67. The molecule has 0 saturated heterocycles. The van der Waals surface area contributed by atoms with Crippen LogP contribution in [0.5, 0.6) is 5.75 Å². The molecule has 29 heavy (non-hydrogen) atoms. The van der Waals surface area contributed by atoms with E-state index in [2.05, 4.69) is 4.74 Å². The lowest BCUT2D eigenvalue weighted by Gasteiger charge is -2.15. The van der Waals surface area contributed by atoms with Gasteiger partial charge in [0.25, 0.3) is 0 Å². The van der Waals surface area contributed by atoms with Crippen LogP contribution in [-0.4, -0.2) is 18.2 Å². The van der Waals surface area contributed by atoms with Gasteiger partial charge in [-0.1, -0.05) is 0 Å². The van der Waals surface area contributed by atoms with Gasteiger partial charge in [0, 0.05) is 17.0 Å². The van der Waals surface area contributed by atoms with Crippen molar-refractivity contribution in [3.05, 3.63) is 81.8 Å². The fraction of sp³-hybridized carbons (Fsp3) is 0.200. The number of hydrogen-bond acceptors (Lipinski definition) is 7. The van der Waals surface area contributed by atoms with Crippen LogP contribution in [0.3, 0.4) is 0 Å². The van der Waals surface area contributed by atoms with Gasteiger partial charge in [0.05, 0.1) is 31.5 Å². The zero-order chi connectivity index (χ0) is 21.0. The van der Waals surface area contributed by atoms with E-state index in [4.69, 9.17) is 8.83 Å². The second-order valence-corrected chi connectivity index (χ2v) is 7.02. The highest BCUT2D eigenvalue weighted by Gasteiger charge is 2.28.